The van der Waals surface area contributed by atoms with Gasteiger partial charge in [-0.1, -0.05) is 27.2 Å². The molecule has 20 heavy (non-hydrogen) atoms. The molecule has 1 aromatic rings. The maximum Gasteiger partial charge on any atom is 0.329 e. The predicted molar refractivity (Wildman–Crippen MR) is 77.9 cm³/mol. The molecule has 0 bridgehead atoms. The zero-order valence-corrected chi connectivity index (χ0v) is 12.5. The van der Waals surface area contributed by atoms with Gasteiger partial charge in [0.2, 0.25) is 0 Å². The molecule has 1 unspecified atom stereocenters. The molecule has 0 saturated heterocycles. The first-order valence-corrected chi connectivity index (χ1v) is 6.87. The SMILES string of the molecule is CCCC(C)(Nc1nccn(CC(C)C)c1=O)C(=O)O. The highest BCUT2D eigenvalue weighted by Crippen LogP contribution is 2.17. The highest BCUT2D eigenvalue weighted by atomic mass is 16.4. The summed E-state index contributed by atoms with van der Waals surface area (Å²) in [6.07, 6.45) is 4.25. The van der Waals surface area contributed by atoms with E-state index in [0.717, 1.165) is 0 Å². The lowest BCUT2D eigenvalue weighted by atomic mass is 9.96. The Hall–Kier alpha value is -1.85. The lowest BCUT2D eigenvalue weighted by Gasteiger charge is -2.26. The van der Waals surface area contributed by atoms with Crippen molar-refractivity contribution in [1.29, 1.82) is 0 Å². The maximum absolute atomic E-state index is 12.3. The minimum atomic E-state index is -1.18. The molecule has 6 nitrogen and oxygen atoms in total. The number of carboxylic acids is 1. The molecular weight excluding hydrogens is 258 g/mol. The van der Waals surface area contributed by atoms with E-state index in [2.05, 4.69) is 10.3 Å². The second kappa shape index (κ2) is 6.54. The minimum absolute atomic E-state index is 0.0894. The molecule has 1 aromatic heterocycles. The normalized spacial score (nSPS) is 14.1. The van der Waals surface area contributed by atoms with Gasteiger partial charge in [-0.3, -0.25) is 4.79 Å². The van der Waals surface area contributed by atoms with Crippen molar-refractivity contribution in [2.45, 2.75) is 52.6 Å². The zero-order valence-electron chi connectivity index (χ0n) is 12.5. The van der Waals surface area contributed by atoms with Crippen molar-refractivity contribution in [3.63, 3.8) is 0 Å². The van der Waals surface area contributed by atoms with E-state index in [9.17, 15) is 14.7 Å². The molecule has 0 radical (unpaired) electrons. The molecule has 0 aliphatic carbocycles. The van der Waals surface area contributed by atoms with Gasteiger partial charge >= 0.3 is 5.97 Å². The number of anilines is 1. The van der Waals surface area contributed by atoms with Crippen LogP contribution in [0.2, 0.25) is 0 Å². The molecule has 0 fully saturated rings. The van der Waals surface area contributed by atoms with E-state index < -0.39 is 11.5 Å². The molecule has 0 aliphatic rings. The third-order valence-corrected chi connectivity index (χ3v) is 3.09. The average Bonchev–Trinajstić information content (AvgIpc) is 2.34. The van der Waals surface area contributed by atoms with Gasteiger partial charge in [-0.05, 0) is 19.3 Å². The summed E-state index contributed by atoms with van der Waals surface area (Å²) in [5.41, 5.74) is -1.47. The summed E-state index contributed by atoms with van der Waals surface area (Å²) < 4.78 is 1.55. The summed E-state index contributed by atoms with van der Waals surface area (Å²) in [6, 6.07) is 0. The Kier molecular flexibility index (Phi) is 5.30. The van der Waals surface area contributed by atoms with Gasteiger partial charge in [-0.2, -0.15) is 0 Å². The van der Waals surface area contributed by atoms with E-state index in [4.69, 9.17) is 0 Å². The van der Waals surface area contributed by atoms with Crippen LogP contribution < -0.4 is 10.9 Å². The first-order valence-electron chi connectivity index (χ1n) is 6.87. The molecule has 1 heterocycles. The third kappa shape index (κ3) is 3.82. The van der Waals surface area contributed by atoms with Gasteiger partial charge < -0.3 is 15.0 Å². The fourth-order valence-electron chi connectivity index (χ4n) is 2.05. The molecule has 112 valence electrons. The van der Waals surface area contributed by atoms with E-state index in [0.29, 0.717) is 25.3 Å². The molecule has 1 rings (SSSR count). The Labute approximate surface area is 118 Å². The quantitative estimate of drug-likeness (QED) is 0.798. The summed E-state index contributed by atoms with van der Waals surface area (Å²) in [7, 11) is 0. The second-order valence-electron chi connectivity index (χ2n) is 5.64. The standard InChI is InChI=1S/C14H23N3O3/c1-5-6-14(4,13(19)20)16-11-12(18)17(8-7-15-11)9-10(2)3/h7-8,10H,5-6,9H2,1-4H3,(H,15,16)(H,19,20). The summed E-state index contributed by atoms with van der Waals surface area (Å²) in [6.45, 7) is 8.07. The Morgan fingerprint density at radius 1 is 1.55 bits per heavy atom. The van der Waals surface area contributed by atoms with Crippen LogP contribution in [0.4, 0.5) is 5.82 Å². The van der Waals surface area contributed by atoms with E-state index in [1.807, 2.05) is 20.8 Å². The summed E-state index contributed by atoms with van der Waals surface area (Å²) in [5, 5.41) is 12.1. The minimum Gasteiger partial charge on any atom is -0.480 e. The van der Waals surface area contributed by atoms with E-state index in [1.54, 1.807) is 17.7 Å². The van der Waals surface area contributed by atoms with E-state index >= 15 is 0 Å². The Morgan fingerprint density at radius 2 is 2.20 bits per heavy atom. The van der Waals surface area contributed by atoms with Crippen LogP contribution in [0.15, 0.2) is 17.2 Å². The molecule has 0 saturated carbocycles. The van der Waals surface area contributed by atoms with E-state index in [1.165, 1.54) is 6.20 Å². The lowest BCUT2D eigenvalue weighted by molar-refractivity contribution is -0.142. The van der Waals surface area contributed by atoms with E-state index in [-0.39, 0.29) is 11.4 Å². The number of aromatic nitrogens is 2. The number of aliphatic carboxylic acids is 1. The van der Waals surface area contributed by atoms with Gasteiger partial charge in [0.1, 0.15) is 5.54 Å². The molecule has 1 atom stereocenters. The number of nitrogens with one attached hydrogen (secondary N) is 1. The van der Waals surface area contributed by atoms with Gasteiger partial charge in [0.25, 0.3) is 5.56 Å². The number of carbonyl (C=O) groups is 1. The molecule has 0 spiro atoms. The first-order chi connectivity index (χ1) is 9.30. The van der Waals surface area contributed by atoms with Crippen LogP contribution in [-0.4, -0.2) is 26.2 Å². The van der Waals surface area contributed by atoms with Crippen molar-refractivity contribution in [1.82, 2.24) is 9.55 Å². The van der Waals surface area contributed by atoms with Crippen LogP contribution in [-0.2, 0) is 11.3 Å². The highest BCUT2D eigenvalue weighted by Gasteiger charge is 2.33. The fourth-order valence-corrected chi connectivity index (χ4v) is 2.05. The number of rotatable bonds is 7. The van der Waals surface area contributed by atoms with Crippen molar-refractivity contribution in [3.05, 3.63) is 22.7 Å². The molecular formula is C14H23N3O3. The van der Waals surface area contributed by atoms with Gasteiger partial charge in [-0.25, -0.2) is 9.78 Å². The first kappa shape index (κ1) is 16.2. The van der Waals surface area contributed by atoms with Crippen LogP contribution in [0.3, 0.4) is 0 Å². The van der Waals surface area contributed by atoms with Crippen LogP contribution in [0.5, 0.6) is 0 Å². The number of carboxylic acid groups (broad SMARTS) is 1. The van der Waals surface area contributed by atoms with Crippen molar-refractivity contribution in [3.8, 4) is 0 Å². The summed E-state index contributed by atoms with van der Waals surface area (Å²) in [4.78, 5) is 27.6. The van der Waals surface area contributed by atoms with Crippen LogP contribution in [0.25, 0.3) is 0 Å². The van der Waals surface area contributed by atoms with Crippen molar-refractivity contribution < 1.29 is 9.90 Å². The van der Waals surface area contributed by atoms with Gasteiger partial charge in [0.05, 0.1) is 0 Å². The van der Waals surface area contributed by atoms with Crippen molar-refractivity contribution in [2.24, 2.45) is 5.92 Å². The summed E-state index contributed by atoms with van der Waals surface area (Å²) >= 11 is 0. The van der Waals surface area contributed by atoms with Crippen molar-refractivity contribution >= 4 is 11.8 Å². The molecule has 0 aliphatic heterocycles. The number of hydrogen-bond acceptors (Lipinski definition) is 4. The molecule has 0 aromatic carbocycles. The molecule has 6 heteroatoms. The predicted octanol–water partition coefficient (Wildman–Crippen LogP) is 1.95. The fraction of sp³-hybridized carbons (Fsp3) is 0.643. The maximum atomic E-state index is 12.3. The lowest BCUT2D eigenvalue weighted by Crippen LogP contribution is -2.45. The Morgan fingerprint density at radius 3 is 2.70 bits per heavy atom. The number of hydrogen-bond donors (Lipinski definition) is 2. The van der Waals surface area contributed by atoms with Gasteiger partial charge in [0, 0.05) is 18.9 Å². The number of nitrogens with zero attached hydrogens (tertiary/aromatic N) is 2. The van der Waals surface area contributed by atoms with Crippen LogP contribution >= 0.6 is 0 Å². The largest absolute Gasteiger partial charge is 0.480 e. The van der Waals surface area contributed by atoms with Crippen molar-refractivity contribution in [2.75, 3.05) is 5.32 Å². The van der Waals surface area contributed by atoms with Crippen LogP contribution in [0, 0.1) is 5.92 Å². The van der Waals surface area contributed by atoms with Crippen LogP contribution in [0.1, 0.15) is 40.5 Å². The topological polar surface area (TPSA) is 84.2 Å². The Bertz CT molecular complexity index is 525. The smallest absolute Gasteiger partial charge is 0.329 e. The van der Waals surface area contributed by atoms with Gasteiger partial charge in [-0.15, -0.1) is 0 Å². The third-order valence-electron chi connectivity index (χ3n) is 3.09. The summed E-state index contributed by atoms with van der Waals surface area (Å²) in [5.74, 6) is -0.573. The zero-order chi connectivity index (χ0) is 15.3. The highest BCUT2D eigenvalue weighted by molar-refractivity contribution is 5.81. The molecule has 2 N–H and O–H groups in total. The average molecular weight is 281 g/mol. The Balaban J connectivity index is 3.08. The van der Waals surface area contributed by atoms with Gasteiger partial charge in [0.15, 0.2) is 5.82 Å². The monoisotopic (exact) mass is 281 g/mol. The molecule has 0 amide bonds. The second-order valence-corrected chi connectivity index (χ2v) is 5.64.